The Labute approximate surface area is 149 Å². The van der Waals surface area contributed by atoms with E-state index in [1.54, 1.807) is 0 Å². The number of hydrogen-bond acceptors (Lipinski definition) is 3. The van der Waals surface area contributed by atoms with E-state index >= 15 is 0 Å². The molecule has 7 atom stereocenters. The highest BCUT2D eigenvalue weighted by molar-refractivity contribution is 6.03. The first kappa shape index (κ1) is 17.4. The van der Waals surface area contributed by atoms with Crippen molar-refractivity contribution in [1.82, 2.24) is 0 Å². The van der Waals surface area contributed by atoms with Gasteiger partial charge >= 0.3 is 0 Å². The molecule has 0 N–H and O–H groups in total. The minimum Gasteiger partial charge on any atom is -0.300 e. The van der Waals surface area contributed by atoms with Crippen molar-refractivity contribution in [2.75, 3.05) is 6.67 Å². The fourth-order valence-corrected chi connectivity index (χ4v) is 7.29. The molecule has 0 saturated heterocycles. The van der Waals surface area contributed by atoms with Crippen LogP contribution in [0.3, 0.4) is 0 Å². The quantitative estimate of drug-likeness (QED) is 0.711. The number of halogens is 1. The lowest BCUT2D eigenvalue weighted by molar-refractivity contribution is -0.152. The molecule has 0 bridgehead atoms. The Hall–Kier alpha value is -1.06. The van der Waals surface area contributed by atoms with E-state index in [4.69, 9.17) is 0 Å². The summed E-state index contributed by atoms with van der Waals surface area (Å²) in [7, 11) is 0. The predicted molar refractivity (Wildman–Crippen MR) is 91.6 cm³/mol. The third-order valence-electron chi connectivity index (χ3n) is 8.63. The zero-order valence-electron chi connectivity index (χ0n) is 15.4. The maximum Gasteiger partial charge on any atom is 0.174 e. The van der Waals surface area contributed by atoms with Gasteiger partial charge in [-0.1, -0.05) is 13.8 Å². The molecule has 4 heteroatoms. The van der Waals surface area contributed by atoms with Gasteiger partial charge in [-0.2, -0.15) is 0 Å². The summed E-state index contributed by atoms with van der Waals surface area (Å²) >= 11 is 0. The van der Waals surface area contributed by atoms with Gasteiger partial charge in [-0.15, -0.1) is 0 Å². The van der Waals surface area contributed by atoms with Gasteiger partial charge in [-0.3, -0.25) is 14.4 Å². The maximum absolute atomic E-state index is 13.0. The van der Waals surface area contributed by atoms with Crippen LogP contribution in [-0.4, -0.2) is 24.0 Å². The van der Waals surface area contributed by atoms with Crippen LogP contribution < -0.4 is 0 Å². The summed E-state index contributed by atoms with van der Waals surface area (Å²) in [4.78, 5) is 36.5. The molecule has 0 radical (unpaired) electrons. The lowest BCUT2D eigenvalue weighted by Gasteiger charge is -2.60. The molecule has 0 heterocycles. The molecule has 3 nitrogen and oxygen atoms in total. The topological polar surface area (TPSA) is 51.2 Å². The standard InChI is InChI=1S/C21H29FO3/c1-20-6-5-16-14(17(20)8-13(23)9-20)4-3-12-7-18(24)15(19(25)11-22)10-21(12,16)2/h12,14-17H,3-11H2,1-2H3/t12?,14-,15?,16-,17+,20-,21+/m1/s1. The number of carbonyl (C=O) groups excluding carboxylic acids is 3. The number of alkyl halides is 1. The Bertz CT molecular complexity index is 629. The number of Topliss-reactive ketones (excluding diaryl/α,β-unsaturated/α-hetero) is 3. The second kappa shape index (κ2) is 5.72. The first-order chi connectivity index (χ1) is 11.8. The zero-order chi connectivity index (χ0) is 18.0. The largest absolute Gasteiger partial charge is 0.300 e. The smallest absolute Gasteiger partial charge is 0.174 e. The first-order valence-corrected chi connectivity index (χ1v) is 9.91. The van der Waals surface area contributed by atoms with E-state index in [0.717, 1.165) is 32.1 Å². The van der Waals surface area contributed by atoms with E-state index in [0.29, 0.717) is 48.7 Å². The Morgan fingerprint density at radius 1 is 1.12 bits per heavy atom. The van der Waals surface area contributed by atoms with Crippen LogP contribution in [0.4, 0.5) is 4.39 Å². The van der Waals surface area contributed by atoms with E-state index in [1.165, 1.54) is 0 Å². The molecule has 4 saturated carbocycles. The number of hydrogen-bond donors (Lipinski definition) is 0. The van der Waals surface area contributed by atoms with Crippen LogP contribution in [0.25, 0.3) is 0 Å². The van der Waals surface area contributed by atoms with Crippen molar-refractivity contribution < 1.29 is 18.8 Å². The minimum absolute atomic E-state index is 0.0414. The summed E-state index contributed by atoms with van der Waals surface area (Å²) in [6, 6.07) is 0. The lowest BCUT2D eigenvalue weighted by Crippen LogP contribution is -2.55. The fourth-order valence-electron chi connectivity index (χ4n) is 7.29. The van der Waals surface area contributed by atoms with E-state index < -0.39 is 18.4 Å². The molecule has 4 aliphatic rings. The monoisotopic (exact) mass is 348 g/mol. The molecule has 0 aromatic carbocycles. The first-order valence-electron chi connectivity index (χ1n) is 9.91. The van der Waals surface area contributed by atoms with Gasteiger partial charge in [0.25, 0.3) is 0 Å². The van der Waals surface area contributed by atoms with Crippen molar-refractivity contribution in [3.8, 4) is 0 Å². The zero-order valence-corrected chi connectivity index (χ0v) is 15.4. The highest BCUT2D eigenvalue weighted by Gasteiger charge is 2.60. The van der Waals surface area contributed by atoms with Crippen molar-refractivity contribution in [3.63, 3.8) is 0 Å². The predicted octanol–water partition coefficient (Wildman–Crippen LogP) is 3.93. The normalized spacial score (nSPS) is 49.3. The number of fused-ring (bicyclic) bond motifs is 5. The summed E-state index contributed by atoms with van der Waals surface area (Å²) < 4.78 is 13.0. The van der Waals surface area contributed by atoms with Crippen molar-refractivity contribution >= 4 is 17.3 Å². The van der Waals surface area contributed by atoms with Gasteiger partial charge in [-0.05, 0) is 66.6 Å². The summed E-state index contributed by atoms with van der Waals surface area (Å²) in [5.41, 5.74) is 0.0966. The Balaban J connectivity index is 1.64. The molecule has 0 spiro atoms. The number of rotatable bonds is 2. The molecule has 0 aromatic heterocycles. The fraction of sp³-hybridized carbons (Fsp3) is 0.857. The van der Waals surface area contributed by atoms with E-state index in [-0.39, 0.29) is 16.6 Å². The number of ketones is 3. The van der Waals surface area contributed by atoms with Gasteiger partial charge in [0.1, 0.15) is 18.2 Å². The van der Waals surface area contributed by atoms with Crippen LogP contribution in [-0.2, 0) is 14.4 Å². The molecule has 4 fully saturated rings. The summed E-state index contributed by atoms with van der Waals surface area (Å²) in [5.74, 6) is 0.895. The second-order valence-corrected chi connectivity index (χ2v) is 9.80. The Morgan fingerprint density at radius 2 is 1.88 bits per heavy atom. The summed E-state index contributed by atoms with van der Waals surface area (Å²) in [6.45, 7) is 3.51. The molecule has 2 unspecified atom stereocenters. The lowest BCUT2D eigenvalue weighted by atomic mass is 9.44. The van der Waals surface area contributed by atoms with Crippen LogP contribution in [0.15, 0.2) is 0 Å². The molecule has 25 heavy (non-hydrogen) atoms. The van der Waals surface area contributed by atoms with Crippen LogP contribution in [0, 0.1) is 40.4 Å². The van der Waals surface area contributed by atoms with Crippen molar-refractivity contribution in [2.45, 2.75) is 65.2 Å². The SMILES string of the molecule is C[C@]12CC[C@@H]3[C@@H](CCC4CC(=O)C(C(=O)CF)C[C@@]43C)[C@@H]1CC(=O)C2. The van der Waals surface area contributed by atoms with E-state index in [9.17, 15) is 18.8 Å². The van der Waals surface area contributed by atoms with Gasteiger partial charge in [0.15, 0.2) is 5.78 Å². The molecule has 0 aromatic rings. The summed E-state index contributed by atoms with van der Waals surface area (Å²) in [5, 5.41) is 0. The third kappa shape index (κ3) is 2.46. The highest BCUT2D eigenvalue weighted by Crippen LogP contribution is 2.65. The Kier molecular flexibility index (Phi) is 3.97. The minimum atomic E-state index is -1.03. The van der Waals surface area contributed by atoms with Crippen LogP contribution >= 0.6 is 0 Å². The van der Waals surface area contributed by atoms with Crippen LogP contribution in [0.5, 0.6) is 0 Å². The van der Waals surface area contributed by atoms with Gasteiger partial charge in [0.2, 0.25) is 0 Å². The van der Waals surface area contributed by atoms with Crippen LogP contribution in [0.2, 0.25) is 0 Å². The van der Waals surface area contributed by atoms with Crippen LogP contribution in [0.1, 0.15) is 65.2 Å². The van der Waals surface area contributed by atoms with Gasteiger partial charge in [-0.25, -0.2) is 4.39 Å². The molecule has 138 valence electrons. The van der Waals surface area contributed by atoms with E-state index in [1.807, 2.05) is 0 Å². The molecule has 4 aliphatic carbocycles. The molecule has 4 rings (SSSR count). The molecule has 0 aliphatic heterocycles. The van der Waals surface area contributed by atoms with Crippen molar-refractivity contribution in [1.29, 1.82) is 0 Å². The molecular formula is C21H29FO3. The second-order valence-electron chi connectivity index (χ2n) is 9.80. The maximum atomic E-state index is 13.0. The molecule has 0 amide bonds. The van der Waals surface area contributed by atoms with Crippen molar-refractivity contribution in [3.05, 3.63) is 0 Å². The molecular weight excluding hydrogens is 319 g/mol. The third-order valence-corrected chi connectivity index (χ3v) is 8.63. The van der Waals surface area contributed by atoms with Gasteiger partial charge in [0, 0.05) is 19.3 Å². The summed E-state index contributed by atoms with van der Waals surface area (Å²) in [6.07, 6.45) is 6.68. The highest BCUT2D eigenvalue weighted by atomic mass is 19.1. The number of carbonyl (C=O) groups is 3. The van der Waals surface area contributed by atoms with Gasteiger partial charge < -0.3 is 0 Å². The van der Waals surface area contributed by atoms with Crippen molar-refractivity contribution in [2.24, 2.45) is 40.4 Å². The average Bonchev–Trinajstić information content (AvgIpc) is 2.88. The van der Waals surface area contributed by atoms with Gasteiger partial charge in [0.05, 0.1) is 5.92 Å². The average molecular weight is 348 g/mol. The Morgan fingerprint density at radius 3 is 2.60 bits per heavy atom. The van der Waals surface area contributed by atoms with E-state index in [2.05, 4.69) is 13.8 Å².